The Labute approximate surface area is 116 Å². The number of para-hydroxylation sites is 1. The van der Waals surface area contributed by atoms with Crippen molar-refractivity contribution in [1.82, 2.24) is 9.55 Å². The predicted octanol–water partition coefficient (Wildman–Crippen LogP) is 3.76. The number of rotatable bonds is 1. The van der Waals surface area contributed by atoms with Crippen LogP contribution in [-0.2, 0) is 0 Å². The average molecular weight is 259 g/mol. The first kappa shape index (κ1) is 11.1. The number of nitrogens with zero attached hydrogens (tertiary/aromatic N) is 2. The van der Waals surface area contributed by atoms with Gasteiger partial charge in [-0.05, 0) is 30.3 Å². The predicted molar refractivity (Wildman–Crippen MR) is 83.0 cm³/mol. The zero-order valence-electron chi connectivity index (χ0n) is 10.8. The lowest BCUT2D eigenvalue weighted by Crippen LogP contribution is -1.94. The number of nitrogens with two attached hydrogens (primary N) is 1. The number of aromatic nitrogens is 2. The fourth-order valence-corrected chi connectivity index (χ4v) is 2.74. The molecule has 0 aliphatic heterocycles. The molecule has 20 heavy (non-hydrogen) atoms. The molecule has 2 aromatic carbocycles. The lowest BCUT2D eigenvalue weighted by atomic mass is 10.2. The van der Waals surface area contributed by atoms with Gasteiger partial charge in [0.25, 0.3) is 0 Å². The molecule has 0 fully saturated rings. The van der Waals surface area contributed by atoms with E-state index in [2.05, 4.69) is 27.8 Å². The molecule has 0 saturated heterocycles. The summed E-state index contributed by atoms with van der Waals surface area (Å²) in [7, 11) is 0. The van der Waals surface area contributed by atoms with Crippen molar-refractivity contribution in [3.05, 3.63) is 67.0 Å². The van der Waals surface area contributed by atoms with Crippen LogP contribution in [0.15, 0.2) is 67.0 Å². The molecule has 4 rings (SSSR count). The van der Waals surface area contributed by atoms with E-state index in [0.29, 0.717) is 0 Å². The van der Waals surface area contributed by atoms with Crippen molar-refractivity contribution < 1.29 is 0 Å². The van der Waals surface area contributed by atoms with E-state index in [1.807, 2.05) is 48.8 Å². The SMILES string of the molecule is Nc1ccc2c3ccncc3n(-c3ccccc3)c2c1. The van der Waals surface area contributed by atoms with Crippen LogP contribution < -0.4 is 5.73 Å². The minimum absolute atomic E-state index is 0.769. The van der Waals surface area contributed by atoms with E-state index < -0.39 is 0 Å². The fourth-order valence-electron chi connectivity index (χ4n) is 2.74. The Hall–Kier alpha value is -2.81. The first-order chi connectivity index (χ1) is 9.84. The van der Waals surface area contributed by atoms with Gasteiger partial charge in [-0.15, -0.1) is 0 Å². The number of pyridine rings is 1. The molecule has 0 spiro atoms. The summed E-state index contributed by atoms with van der Waals surface area (Å²) in [5, 5.41) is 2.39. The summed E-state index contributed by atoms with van der Waals surface area (Å²) in [4.78, 5) is 4.26. The molecule has 0 atom stereocenters. The lowest BCUT2D eigenvalue weighted by Gasteiger charge is -2.07. The summed E-state index contributed by atoms with van der Waals surface area (Å²) in [6.07, 6.45) is 3.73. The van der Waals surface area contributed by atoms with Crippen molar-refractivity contribution in [1.29, 1.82) is 0 Å². The molecule has 2 N–H and O–H groups in total. The maximum absolute atomic E-state index is 5.96. The van der Waals surface area contributed by atoms with Gasteiger partial charge < -0.3 is 10.3 Å². The summed E-state index contributed by atoms with van der Waals surface area (Å²) in [6, 6.07) is 18.4. The van der Waals surface area contributed by atoms with Crippen LogP contribution in [0.2, 0.25) is 0 Å². The summed E-state index contributed by atoms with van der Waals surface area (Å²) in [5.41, 5.74) is 10.1. The van der Waals surface area contributed by atoms with Crippen LogP contribution in [0.4, 0.5) is 5.69 Å². The van der Waals surface area contributed by atoms with Crippen LogP contribution in [0.3, 0.4) is 0 Å². The van der Waals surface area contributed by atoms with Crippen molar-refractivity contribution in [3.8, 4) is 5.69 Å². The Kier molecular flexibility index (Phi) is 2.27. The van der Waals surface area contributed by atoms with Crippen molar-refractivity contribution in [2.45, 2.75) is 0 Å². The van der Waals surface area contributed by atoms with Crippen LogP contribution in [0.25, 0.3) is 27.5 Å². The lowest BCUT2D eigenvalue weighted by molar-refractivity contribution is 1.17. The van der Waals surface area contributed by atoms with Gasteiger partial charge >= 0.3 is 0 Å². The molecule has 3 heteroatoms. The highest BCUT2D eigenvalue weighted by atomic mass is 15.0. The summed E-state index contributed by atoms with van der Waals surface area (Å²) in [6.45, 7) is 0. The summed E-state index contributed by atoms with van der Waals surface area (Å²) in [5.74, 6) is 0. The van der Waals surface area contributed by atoms with E-state index in [-0.39, 0.29) is 0 Å². The van der Waals surface area contributed by atoms with Crippen molar-refractivity contribution in [3.63, 3.8) is 0 Å². The second-order valence-corrected chi connectivity index (χ2v) is 4.84. The van der Waals surface area contributed by atoms with E-state index in [0.717, 1.165) is 22.4 Å². The molecule has 4 aromatic rings. The van der Waals surface area contributed by atoms with Gasteiger partial charge in [0.1, 0.15) is 0 Å². The molecular formula is C17H13N3. The molecule has 0 bridgehead atoms. The molecular weight excluding hydrogens is 246 g/mol. The zero-order chi connectivity index (χ0) is 13.5. The zero-order valence-corrected chi connectivity index (χ0v) is 10.8. The maximum atomic E-state index is 5.96. The van der Waals surface area contributed by atoms with Gasteiger partial charge in [-0.3, -0.25) is 4.98 Å². The number of fused-ring (bicyclic) bond motifs is 3. The van der Waals surface area contributed by atoms with E-state index in [1.165, 1.54) is 10.8 Å². The first-order valence-corrected chi connectivity index (χ1v) is 6.54. The number of anilines is 1. The van der Waals surface area contributed by atoms with E-state index in [4.69, 9.17) is 5.73 Å². The quantitative estimate of drug-likeness (QED) is 0.529. The molecule has 0 aliphatic rings. The van der Waals surface area contributed by atoms with Crippen molar-refractivity contribution in [2.24, 2.45) is 0 Å². The standard InChI is InChI=1S/C17H13N3/c18-12-6-7-14-15-8-9-19-11-17(15)20(16(14)10-12)13-4-2-1-3-5-13/h1-11H,18H2. The number of hydrogen-bond donors (Lipinski definition) is 1. The van der Waals surface area contributed by atoms with E-state index in [9.17, 15) is 0 Å². The second kappa shape index (κ2) is 4.10. The molecule has 2 heterocycles. The Morgan fingerprint density at radius 1 is 0.850 bits per heavy atom. The van der Waals surface area contributed by atoms with Gasteiger partial charge in [0, 0.05) is 28.3 Å². The Balaban J connectivity index is 2.23. The third-order valence-electron chi connectivity index (χ3n) is 3.61. The van der Waals surface area contributed by atoms with Gasteiger partial charge in [0.05, 0.1) is 17.2 Å². The number of nitrogen functional groups attached to an aromatic ring is 1. The minimum atomic E-state index is 0.769. The van der Waals surface area contributed by atoms with Crippen molar-refractivity contribution >= 4 is 27.5 Å². The van der Waals surface area contributed by atoms with Crippen LogP contribution in [0, 0.1) is 0 Å². The molecule has 96 valence electrons. The highest BCUT2D eigenvalue weighted by molar-refractivity contribution is 6.09. The second-order valence-electron chi connectivity index (χ2n) is 4.84. The van der Waals surface area contributed by atoms with Gasteiger partial charge in [0.15, 0.2) is 0 Å². The first-order valence-electron chi connectivity index (χ1n) is 6.54. The molecule has 0 unspecified atom stereocenters. The van der Waals surface area contributed by atoms with Crippen LogP contribution in [-0.4, -0.2) is 9.55 Å². The van der Waals surface area contributed by atoms with Gasteiger partial charge in [-0.1, -0.05) is 24.3 Å². The van der Waals surface area contributed by atoms with Gasteiger partial charge in [-0.25, -0.2) is 0 Å². The highest BCUT2D eigenvalue weighted by Crippen LogP contribution is 2.32. The third-order valence-corrected chi connectivity index (χ3v) is 3.61. The average Bonchev–Trinajstić information content (AvgIpc) is 2.81. The van der Waals surface area contributed by atoms with E-state index >= 15 is 0 Å². The Morgan fingerprint density at radius 3 is 2.50 bits per heavy atom. The van der Waals surface area contributed by atoms with Gasteiger partial charge in [-0.2, -0.15) is 0 Å². The van der Waals surface area contributed by atoms with Crippen LogP contribution in [0.1, 0.15) is 0 Å². The monoisotopic (exact) mass is 259 g/mol. The molecule has 2 aromatic heterocycles. The summed E-state index contributed by atoms with van der Waals surface area (Å²) >= 11 is 0. The Bertz CT molecular complexity index is 907. The molecule has 0 aliphatic carbocycles. The number of hydrogen-bond acceptors (Lipinski definition) is 2. The maximum Gasteiger partial charge on any atom is 0.0724 e. The minimum Gasteiger partial charge on any atom is -0.399 e. The van der Waals surface area contributed by atoms with Crippen LogP contribution >= 0.6 is 0 Å². The largest absolute Gasteiger partial charge is 0.399 e. The smallest absolute Gasteiger partial charge is 0.0724 e. The van der Waals surface area contributed by atoms with E-state index in [1.54, 1.807) is 0 Å². The summed E-state index contributed by atoms with van der Waals surface area (Å²) < 4.78 is 2.20. The van der Waals surface area contributed by atoms with Crippen LogP contribution in [0.5, 0.6) is 0 Å². The number of benzene rings is 2. The fraction of sp³-hybridized carbons (Fsp3) is 0. The Morgan fingerprint density at radius 2 is 1.65 bits per heavy atom. The third kappa shape index (κ3) is 1.50. The topological polar surface area (TPSA) is 43.8 Å². The molecule has 0 radical (unpaired) electrons. The van der Waals surface area contributed by atoms with Gasteiger partial charge in [0.2, 0.25) is 0 Å². The normalized spacial score (nSPS) is 11.2. The molecule has 0 saturated carbocycles. The molecule has 3 nitrogen and oxygen atoms in total. The highest BCUT2D eigenvalue weighted by Gasteiger charge is 2.11. The molecule has 0 amide bonds. The van der Waals surface area contributed by atoms with Crippen molar-refractivity contribution in [2.75, 3.05) is 5.73 Å².